The molecule has 1 heterocycles. The Morgan fingerprint density at radius 2 is 1.47 bits per heavy atom. The van der Waals surface area contributed by atoms with Crippen LogP contribution in [0.15, 0.2) is 148 Å². The largest absolute Gasteiger partial charge is 0.338 e. The minimum Gasteiger partial charge on any atom is -0.338 e. The van der Waals surface area contributed by atoms with Crippen molar-refractivity contribution in [2.75, 3.05) is 0 Å². The van der Waals surface area contributed by atoms with Crippen molar-refractivity contribution in [1.29, 1.82) is 0 Å². The summed E-state index contributed by atoms with van der Waals surface area (Å²) in [7, 11) is -3.02. The molecule has 1 aliphatic heterocycles. The van der Waals surface area contributed by atoms with E-state index in [2.05, 4.69) is 120 Å². The molecule has 3 heteroatoms. The highest BCUT2D eigenvalue weighted by molar-refractivity contribution is 7.08. The number of nitrogens with zero attached hydrogens (tertiary/aromatic N) is 1. The lowest BCUT2D eigenvalue weighted by atomic mass is 9.83. The van der Waals surface area contributed by atoms with Crippen molar-refractivity contribution in [2.45, 2.75) is 109 Å². The maximum absolute atomic E-state index is 2.78. The summed E-state index contributed by atoms with van der Waals surface area (Å²) in [6.45, 7) is 0. The van der Waals surface area contributed by atoms with E-state index in [1.807, 2.05) is 10.4 Å². The van der Waals surface area contributed by atoms with Crippen LogP contribution in [0.4, 0.5) is 0 Å². The predicted molar refractivity (Wildman–Crippen MR) is 224 cm³/mol. The molecule has 0 N–H and O–H groups in total. The lowest BCUT2D eigenvalue weighted by molar-refractivity contribution is 0.317. The van der Waals surface area contributed by atoms with Crippen molar-refractivity contribution >= 4 is 38.7 Å². The lowest BCUT2D eigenvalue weighted by Crippen LogP contribution is -2.56. The normalized spacial score (nSPS) is 24.9. The van der Waals surface area contributed by atoms with Gasteiger partial charge in [0.2, 0.25) is 0 Å². The second kappa shape index (κ2) is 14.8. The van der Waals surface area contributed by atoms with E-state index >= 15 is 0 Å². The van der Waals surface area contributed by atoms with Crippen molar-refractivity contribution in [3.05, 3.63) is 153 Å². The zero-order chi connectivity index (χ0) is 34.0. The summed E-state index contributed by atoms with van der Waals surface area (Å²) in [5, 5.41) is 10.1. The van der Waals surface area contributed by atoms with Crippen molar-refractivity contribution < 1.29 is 0 Å². The van der Waals surface area contributed by atoms with E-state index in [1.165, 1.54) is 112 Å². The molecule has 7 aliphatic rings. The van der Waals surface area contributed by atoms with Gasteiger partial charge in [-0.15, -0.1) is 0 Å². The van der Waals surface area contributed by atoms with E-state index in [9.17, 15) is 0 Å². The first kappa shape index (κ1) is 33.2. The molecular formula is C48H55NSi2. The van der Waals surface area contributed by atoms with Gasteiger partial charge in [0, 0.05) is 17.3 Å². The molecule has 0 amide bonds. The maximum atomic E-state index is 2.78. The third-order valence-corrected chi connectivity index (χ3v) is 19.9. The molecule has 0 spiro atoms. The molecular weight excluding hydrogens is 647 g/mol. The Labute approximate surface area is 310 Å². The molecule has 2 unspecified atom stereocenters. The van der Waals surface area contributed by atoms with Crippen LogP contribution < -0.4 is 15.6 Å². The van der Waals surface area contributed by atoms with E-state index in [0.29, 0.717) is 12.0 Å². The van der Waals surface area contributed by atoms with Crippen LogP contribution in [0.25, 0.3) is 5.57 Å². The van der Waals surface area contributed by atoms with E-state index < -0.39 is 17.6 Å². The third-order valence-electron chi connectivity index (χ3n) is 13.0. The second-order valence-electron chi connectivity index (χ2n) is 16.1. The van der Waals surface area contributed by atoms with Crippen molar-refractivity contribution in [2.24, 2.45) is 5.92 Å². The zero-order valence-corrected chi connectivity index (χ0v) is 33.0. The van der Waals surface area contributed by atoms with Crippen LogP contribution in [0.3, 0.4) is 0 Å². The van der Waals surface area contributed by atoms with Crippen molar-refractivity contribution in [3.63, 3.8) is 0 Å². The molecule has 51 heavy (non-hydrogen) atoms. The Morgan fingerprint density at radius 3 is 2.24 bits per heavy atom. The van der Waals surface area contributed by atoms with E-state index in [-0.39, 0.29) is 0 Å². The topological polar surface area (TPSA) is 3.24 Å². The monoisotopic (exact) mass is 701 g/mol. The molecule has 9 rings (SSSR count). The van der Waals surface area contributed by atoms with Crippen LogP contribution >= 0.6 is 0 Å². The Bertz CT molecular complexity index is 1920. The summed E-state index contributed by atoms with van der Waals surface area (Å²) in [5.41, 5.74) is 7.71. The minimum atomic E-state index is -2.37. The Hall–Kier alpha value is -3.67. The van der Waals surface area contributed by atoms with Crippen LogP contribution in [0.5, 0.6) is 0 Å². The maximum Gasteiger partial charge on any atom is 0.170 e. The highest BCUT2D eigenvalue weighted by atomic mass is 28.3. The van der Waals surface area contributed by atoms with Crippen LogP contribution in [0, 0.1) is 5.92 Å². The molecule has 260 valence electrons. The molecule has 1 nitrogen and oxygen atoms in total. The number of fused-ring (bicyclic) bond motifs is 2. The van der Waals surface area contributed by atoms with Crippen LogP contribution in [0.1, 0.15) is 108 Å². The molecule has 2 aromatic carbocycles. The van der Waals surface area contributed by atoms with Gasteiger partial charge in [0.25, 0.3) is 0 Å². The first-order valence-corrected chi connectivity index (χ1v) is 23.9. The lowest BCUT2D eigenvalue weighted by Gasteiger charge is -2.42. The highest BCUT2D eigenvalue weighted by Crippen LogP contribution is 2.48. The predicted octanol–water partition coefficient (Wildman–Crippen LogP) is 9.67. The minimum absolute atomic E-state index is 0.492. The van der Waals surface area contributed by atoms with Gasteiger partial charge in [0.1, 0.15) is 0 Å². The second-order valence-corrected chi connectivity index (χ2v) is 22.0. The molecule has 0 radical (unpaired) electrons. The summed E-state index contributed by atoms with van der Waals surface area (Å²) < 4.78 is 0. The standard InChI is InChI=1S/C48H55NSi2/c1-5-20-39(21-6-1)50-40-33-37(36-18-17-19-38(32-36)49-47-30-15-13-28-45(47)46-29-14-16-31-48(46)49)34-44(35-40)51(41-22-7-2-8-23-41,42-24-9-3-10-25-42)43-26-11-4-12-27-43/h1,5-7,15-16,18,20-24,26,30-35,45,47H,2-4,8-14,17,19,25,27-29,50H2. The molecule has 2 atom stereocenters. The molecule has 6 aliphatic carbocycles. The molecule has 0 saturated heterocycles. The smallest absolute Gasteiger partial charge is 0.170 e. The zero-order valence-electron chi connectivity index (χ0n) is 30.6. The Morgan fingerprint density at radius 1 is 0.647 bits per heavy atom. The van der Waals surface area contributed by atoms with Gasteiger partial charge in [0.15, 0.2) is 8.07 Å². The van der Waals surface area contributed by atoms with Gasteiger partial charge in [-0.1, -0.05) is 124 Å². The fourth-order valence-electron chi connectivity index (χ4n) is 10.7. The quantitative estimate of drug-likeness (QED) is 0.196. The number of benzene rings is 2. The summed E-state index contributed by atoms with van der Waals surface area (Å²) in [6, 6.07) is 20.0. The first-order valence-electron chi connectivity index (χ1n) is 20.5. The fraction of sp³-hybridized carbons (Fsp3) is 0.375. The summed E-state index contributed by atoms with van der Waals surface area (Å²) >= 11 is 0. The van der Waals surface area contributed by atoms with Crippen molar-refractivity contribution in [3.8, 4) is 0 Å². The van der Waals surface area contributed by atoms with Crippen LogP contribution in [0.2, 0.25) is 0 Å². The number of allylic oxidation sites excluding steroid dienone is 15. The van der Waals surface area contributed by atoms with Gasteiger partial charge in [0.05, 0.1) is 15.6 Å². The highest BCUT2D eigenvalue weighted by Gasteiger charge is 2.46. The van der Waals surface area contributed by atoms with Gasteiger partial charge in [-0.25, -0.2) is 0 Å². The molecule has 0 fully saturated rings. The number of hydrogen-bond acceptors (Lipinski definition) is 1. The number of rotatable bonds is 8. The van der Waals surface area contributed by atoms with Crippen LogP contribution in [-0.2, 0) is 0 Å². The third kappa shape index (κ3) is 6.29. The Balaban J connectivity index is 1.21. The molecule has 0 saturated carbocycles. The van der Waals surface area contributed by atoms with E-state index in [4.69, 9.17) is 0 Å². The fourth-order valence-corrected chi connectivity index (χ4v) is 18.4. The van der Waals surface area contributed by atoms with Gasteiger partial charge in [-0.2, -0.15) is 0 Å². The summed E-state index contributed by atoms with van der Waals surface area (Å²) in [4.78, 5) is 2.78. The molecule has 0 bridgehead atoms. The van der Waals surface area contributed by atoms with Crippen molar-refractivity contribution in [1.82, 2.24) is 4.90 Å². The SMILES string of the molecule is C1=CC([Si](C2=CCCCC2)(C2=CCCCC2)c2cc([SiH2]c3ccccc3)cc(C3=CCCC(N4C5=C(CCC=C5)C5CCC=CC54)=C3)c2)=CCC1. The van der Waals surface area contributed by atoms with E-state index in [1.54, 1.807) is 26.3 Å². The molecule has 2 aromatic rings. The Kier molecular flexibility index (Phi) is 9.60. The summed E-state index contributed by atoms with van der Waals surface area (Å²) in [6.07, 6.45) is 48.3. The molecule has 0 aromatic heterocycles. The average molecular weight is 702 g/mol. The van der Waals surface area contributed by atoms with Gasteiger partial charge in [-0.05, 0) is 142 Å². The first-order chi connectivity index (χ1) is 25.3. The number of hydrogen-bond donors (Lipinski definition) is 0. The average Bonchev–Trinajstić information content (AvgIpc) is 3.54. The van der Waals surface area contributed by atoms with Gasteiger partial charge in [-0.3, -0.25) is 0 Å². The van der Waals surface area contributed by atoms with Crippen LogP contribution in [-0.4, -0.2) is 28.5 Å². The van der Waals surface area contributed by atoms with Gasteiger partial charge < -0.3 is 4.90 Å². The van der Waals surface area contributed by atoms with Gasteiger partial charge >= 0.3 is 0 Å². The van der Waals surface area contributed by atoms with E-state index in [0.717, 1.165) is 12.8 Å². The summed E-state index contributed by atoms with van der Waals surface area (Å²) in [5.74, 6) is 0.688.